The number of nitrogens with one attached hydrogen (secondary N) is 1. The lowest BCUT2D eigenvalue weighted by Crippen LogP contribution is -2.47. The third-order valence-electron chi connectivity index (χ3n) is 7.78. The minimum Gasteiger partial charge on any atom is -0.489 e. The number of hydrogen-bond acceptors (Lipinski definition) is 5. The Morgan fingerprint density at radius 1 is 1.10 bits per heavy atom. The van der Waals surface area contributed by atoms with Gasteiger partial charge in [0.15, 0.2) is 11.6 Å². The van der Waals surface area contributed by atoms with Crippen molar-refractivity contribution >= 4 is 11.7 Å². The minimum absolute atomic E-state index is 0.320. The zero-order valence-electron chi connectivity index (χ0n) is 18.2. The Bertz CT molecular complexity index is 735. The summed E-state index contributed by atoms with van der Waals surface area (Å²) in [6, 6.07) is 2.52. The van der Waals surface area contributed by atoms with Crippen LogP contribution in [0.5, 0.6) is 5.75 Å². The molecule has 0 atom stereocenters. The standard InChI is InChI=1S/C24H36N4O2/c29-24(20-2-1-3-20)26-21-6-4-18(5-7-21)9-12-27-13-15-28(16-14-27)23-22-19(8-11-25-23)10-17-30-22/h8,11,18,20-21H,1-7,9-10,12-17H2,(H,26,29). The van der Waals surface area contributed by atoms with Gasteiger partial charge in [-0.15, -0.1) is 0 Å². The molecule has 3 fully saturated rings. The maximum absolute atomic E-state index is 12.2. The van der Waals surface area contributed by atoms with Crippen LogP contribution in [-0.2, 0) is 11.2 Å². The van der Waals surface area contributed by atoms with Crippen LogP contribution < -0.4 is 15.0 Å². The molecule has 4 aliphatic rings. The summed E-state index contributed by atoms with van der Waals surface area (Å²) in [6.07, 6.45) is 12.6. The lowest BCUT2D eigenvalue weighted by atomic mass is 9.82. The van der Waals surface area contributed by atoms with Gasteiger partial charge in [0.05, 0.1) is 6.61 Å². The van der Waals surface area contributed by atoms with Crippen molar-refractivity contribution in [3.05, 3.63) is 17.8 Å². The molecule has 1 saturated heterocycles. The minimum atomic E-state index is 0.320. The van der Waals surface area contributed by atoms with Gasteiger partial charge >= 0.3 is 0 Å². The molecular formula is C24H36N4O2. The van der Waals surface area contributed by atoms with Gasteiger partial charge in [0.2, 0.25) is 5.91 Å². The van der Waals surface area contributed by atoms with Crippen molar-refractivity contribution in [3.8, 4) is 5.75 Å². The number of carbonyl (C=O) groups excluding carboxylic acids is 1. The summed E-state index contributed by atoms with van der Waals surface area (Å²) in [5, 5.41) is 3.31. The highest BCUT2D eigenvalue weighted by Crippen LogP contribution is 2.35. The molecule has 5 rings (SSSR count). The molecule has 0 bridgehead atoms. The van der Waals surface area contributed by atoms with Crippen molar-refractivity contribution in [1.82, 2.24) is 15.2 Å². The molecule has 6 heteroatoms. The molecule has 1 aromatic heterocycles. The second-order valence-electron chi connectivity index (χ2n) is 9.69. The molecule has 1 amide bonds. The van der Waals surface area contributed by atoms with Gasteiger partial charge in [0, 0.05) is 56.3 Å². The lowest BCUT2D eigenvalue weighted by molar-refractivity contribution is -0.128. The van der Waals surface area contributed by atoms with Gasteiger partial charge in [0.1, 0.15) is 0 Å². The highest BCUT2D eigenvalue weighted by molar-refractivity contribution is 5.79. The summed E-state index contributed by atoms with van der Waals surface area (Å²) in [5.41, 5.74) is 1.31. The molecule has 0 radical (unpaired) electrons. The van der Waals surface area contributed by atoms with Gasteiger partial charge in [-0.05, 0) is 63.5 Å². The number of carbonyl (C=O) groups is 1. The van der Waals surface area contributed by atoms with Gasteiger partial charge in [0.25, 0.3) is 0 Å². The van der Waals surface area contributed by atoms with Crippen molar-refractivity contribution in [1.29, 1.82) is 0 Å². The number of pyridine rings is 1. The number of ether oxygens (including phenoxy) is 1. The van der Waals surface area contributed by atoms with E-state index in [0.29, 0.717) is 17.9 Å². The predicted octanol–water partition coefficient (Wildman–Crippen LogP) is 3.00. The van der Waals surface area contributed by atoms with E-state index in [1.54, 1.807) is 0 Å². The summed E-state index contributed by atoms with van der Waals surface area (Å²) in [4.78, 5) is 21.8. The van der Waals surface area contributed by atoms with Crippen molar-refractivity contribution in [2.75, 3.05) is 44.2 Å². The van der Waals surface area contributed by atoms with E-state index in [-0.39, 0.29) is 0 Å². The Hall–Kier alpha value is -1.82. The van der Waals surface area contributed by atoms with Gasteiger partial charge < -0.3 is 15.0 Å². The van der Waals surface area contributed by atoms with E-state index < -0.39 is 0 Å². The molecule has 6 nitrogen and oxygen atoms in total. The summed E-state index contributed by atoms with van der Waals surface area (Å²) in [6.45, 7) is 6.28. The smallest absolute Gasteiger partial charge is 0.223 e. The molecule has 1 aromatic rings. The number of rotatable bonds is 6. The second kappa shape index (κ2) is 9.13. The summed E-state index contributed by atoms with van der Waals surface area (Å²) < 4.78 is 5.85. The second-order valence-corrected chi connectivity index (χ2v) is 9.69. The largest absolute Gasteiger partial charge is 0.489 e. The first-order chi connectivity index (χ1) is 14.8. The summed E-state index contributed by atoms with van der Waals surface area (Å²) in [7, 11) is 0. The Kier molecular flexibility index (Phi) is 6.12. The average Bonchev–Trinajstić information content (AvgIpc) is 3.21. The van der Waals surface area contributed by atoms with Crippen LogP contribution >= 0.6 is 0 Å². The van der Waals surface area contributed by atoms with E-state index in [1.807, 2.05) is 6.20 Å². The van der Waals surface area contributed by atoms with E-state index in [4.69, 9.17) is 4.74 Å². The van der Waals surface area contributed by atoms with Gasteiger partial charge in [-0.2, -0.15) is 0 Å². The van der Waals surface area contributed by atoms with Crippen LogP contribution in [-0.4, -0.2) is 61.2 Å². The SMILES string of the molecule is O=C(NC1CCC(CCN2CCN(c3nccc4c3OCC4)CC2)CC1)C1CCC1. The first-order valence-corrected chi connectivity index (χ1v) is 12.1. The molecule has 2 aliphatic heterocycles. The van der Waals surface area contributed by atoms with E-state index in [9.17, 15) is 4.79 Å². The third kappa shape index (κ3) is 4.43. The lowest BCUT2D eigenvalue weighted by Gasteiger charge is -2.37. The average molecular weight is 413 g/mol. The van der Waals surface area contributed by atoms with Crippen molar-refractivity contribution in [3.63, 3.8) is 0 Å². The predicted molar refractivity (Wildman–Crippen MR) is 118 cm³/mol. The number of piperazine rings is 1. The van der Waals surface area contributed by atoms with Crippen LogP contribution in [0.3, 0.4) is 0 Å². The zero-order chi connectivity index (χ0) is 20.3. The molecule has 3 heterocycles. The van der Waals surface area contributed by atoms with E-state index in [0.717, 1.165) is 69.5 Å². The van der Waals surface area contributed by atoms with Crippen LogP contribution in [0.15, 0.2) is 12.3 Å². The first kappa shape index (κ1) is 20.1. The molecule has 2 saturated carbocycles. The van der Waals surface area contributed by atoms with Crippen molar-refractivity contribution in [2.45, 2.75) is 63.8 Å². The van der Waals surface area contributed by atoms with Gasteiger partial charge in [-0.25, -0.2) is 4.98 Å². The Labute approximate surface area is 180 Å². The normalized spacial score (nSPS) is 27.3. The number of hydrogen-bond donors (Lipinski definition) is 1. The highest BCUT2D eigenvalue weighted by atomic mass is 16.5. The number of aromatic nitrogens is 1. The van der Waals surface area contributed by atoms with Crippen LogP contribution in [0.4, 0.5) is 5.82 Å². The molecule has 0 unspecified atom stereocenters. The maximum Gasteiger partial charge on any atom is 0.223 e. The van der Waals surface area contributed by atoms with E-state index in [1.165, 1.54) is 50.6 Å². The molecule has 30 heavy (non-hydrogen) atoms. The van der Waals surface area contributed by atoms with Gasteiger partial charge in [-0.1, -0.05) is 6.42 Å². The quantitative estimate of drug-likeness (QED) is 0.778. The fourth-order valence-electron chi connectivity index (χ4n) is 5.45. The monoisotopic (exact) mass is 412 g/mol. The maximum atomic E-state index is 12.2. The Balaban J connectivity index is 1.01. The first-order valence-electron chi connectivity index (χ1n) is 12.1. The summed E-state index contributed by atoms with van der Waals surface area (Å²) >= 11 is 0. The molecular weight excluding hydrogens is 376 g/mol. The summed E-state index contributed by atoms with van der Waals surface area (Å²) in [5.74, 6) is 3.54. The number of fused-ring (bicyclic) bond motifs is 1. The molecule has 0 aromatic carbocycles. The fourth-order valence-corrected chi connectivity index (χ4v) is 5.45. The fraction of sp³-hybridized carbons (Fsp3) is 0.750. The van der Waals surface area contributed by atoms with Crippen LogP contribution in [0.1, 0.15) is 56.9 Å². The topological polar surface area (TPSA) is 57.7 Å². The Morgan fingerprint density at radius 3 is 2.63 bits per heavy atom. The van der Waals surface area contributed by atoms with Crippen LogP contribution in [0, 0.1) is 11.8 Å². The molecule has 1 N–H and O–H groups in total. The number of nitrogens with zero attached hydrogens (tertiary/aromatic N) is 3. The van der Waals surface area contributed by atoms with Crippen molar-refractivity contribution < 1.29 is 9.53 Å². The molecule has 0 spiro atoms. The van der Waals surface area contributed by atoms with Gasteiger partial charge in [-0.3, -0.25) is 9.69 Å². The third-order valence-corrected chi connectivity index (χ3v) is 7.78. The van der Waals surface area contributed by atoms with Crippen molar-refractivity contribution in [2.24, 2.45) is 11.8 Å². The van der Waals surface area contributed by atoms with Crippen LogP contribution in [0.25, 0.3) is 0 Å². The number of amides is 1. The van der Waals surface area contributed by atoms with Crippen LogP contribution in [0.2, 0.25) is 0 Å². The number of anilines is 1. The zero-order valence-corrected chi connectivity index (χ0v) is 18.2. The van der Waals surface area contributed by atoms with E-state index >= 15 is 0 Å². The highest BCUT2D eigenvalue weighted by Gasteiger charge is 2.29. The molecule has 164 valence electrons. The molecule has 2 aliphatic carbocycles. The Morgan fingerprint density at radius 2 is 1.90 bits per heavy atom. The van der Waals surface area contributed by atoms with E-state index in [2.05, 4.69) is 26.2 Å².